The lowest BCUT2D eigenvalue weighted by Crippen LogP contribution is -2.42. The monoisotopic (exact) mass is 392 g/mol. The maximum Gasteiger partial charge on any atom is 0.143 e. The molecule has 2 atom stereocenters. The van der Waals surface area contributed by atoms with Gasteiger partial charge in [-0.1, -0.05) is 53.5 Å². The first kappa shape index (κ1) is 19.2. The van der Waals surface area contributed by atoms with Crippen LogP contribution in [0, 0.1) is 0 Å². The van der Waals surface area contributed by atoms with Crippen LogP contribution in [0.3, 0.4) is 0 Å². The van der Waals surface area contributed by atoms with E-state index in [9.17, 15) is 5.11 Å². The van der Waals surface area contributed by atoms with Crippen molar-refractivity contribution in [3.63, 3.8) is 0 Å². The molecule has 1 aliphatic rings. The first-order valence-corrected chi connectivity index (χ1v) is 9.40. The second-order valence-corrected chi connectivity index (χ2v) is 7.19. The molecule has 3 rings (SSSR count). The van der Waals surface area contributed by atoms with Crippen LogP contribution in [0.15, 0.2) is 47.5 Å². The summed E-state index contributed by atoms with van der Waals surface area (Å²) in [5.41, 5.74) is 1.73. The first-order chi connectivity index (χ1) is 12.6. The van der Waals surface area contributed by atoms with Gasteiger partial charge >= 0.3 is 0 Å². The van der Waals surface area contributed by atoms with Gasteiger partial charge in [-0.2, -0.15) is 0 Å². The highest BCUT2D eigenvalue weighted by molar-refractivity contribution is 6.36. The van der Waals surface area contributed by atoms with E-state index in [0.717, 1.165) is 26.3 Å². The Morgan fingerprint density at radius 1 is 1.15 bits per heavy atom. The molecule has 0 saturated carbocycles. The van der Waals surface area contributed by atoms with Crippen molar-refractivity contribution in [1.29, 1.82) is 0 Å². The molecule has 6 heteroatoms. The number of phenols is 1. The highest BCUT2D eigenvalue weighted by Crippen LogP contribution is 2.31. The molecule has 1 aliphatic heterocycles. The van der Waals surface area contributed by atoms with Crippen LogP contribution >= 0.6 is 23.2 Å². The Morgan fingerprint density at radius 3 is 2.54 bits per heavy atom. The van der Waals surface area contributed by atoms with E-state index < -0.39 is 0 Å². The topological polar surface area (TPSA) is 45.1 Å². The molecule has 26 heavy (non-hydrogen) atoms. The van der Waals surface area contributed by atoms with Crippen molar-refractivity contribution < 1.29 is 9.84 Å². The van der Waals surface area contributed by atoms with E-state index >= 15 is 0 Å². The molecule has 2 aromatic rings. The summed E-state index contributed by atoms with van der Waals surface area (Å²) in [5.74, 6) is -0.00495. The Balaban J connectivity index is 1.87. The van der Waals surface area contributed by atoms with Crippen molar-refractivity contribution in [3.05, 3.63) is 63.6 Å². The number of morpholine rings is 1. The number of nitrogens with zero attached hydrogens (tertiary/aromatic N) is 2. The zero-order valence-corrected chi connectivity index (χ0v) is 16.1. The van der Waals surface area contributed by atoms with E-state index in [1.165, 1.54) is 11.6 Å². The van der Waals surface area contributed by atoms with Crippen LogP contribution in [0.5, 0.6) is 5.75 Å². The third kappa shape index (κ3) is 4.57. The smallest absolute Gasteiger partial charge is 0.143 e. The second kappa shape index (κ2) is 8.87. The maximum atomic E-state index is 10.1. The average Bonchev–Trinajstić information content (AvgIpc) is 2.65. The molecule has 0 unspecified atom stereocenters. The Kier molecular flexibility index (Phi) is 6.54. The Bertz CT molecular complexity index is 762. The quantitative estimate of drug-likeness (QED) is 0.757. The zero-order chi connectivity index (χ0) is 18.5. The summed E-state index contributed by atoms with van der Waals surface area (Å²) in [5, 5.41) is 10.8. The molecule has 4 nitrogen and oxygen atoms in total. The Labute approximate surface area is 164 Å². The van der Waals surface area contributed by atoms with Crippen molar-refractivity contribution in [2.24, 2.45) is 4.99 Å². The highest BCUT2D eigenvalue weighted by atomic mass is 35.5. The van der Waals surface area contributed by atoms with Crippen LogP contribution < -0.4 is 0 Å². The molecule has 138 valence electrons. The predicted molar refractivity (Wildman–Crippen MR) is 107 cm³/mol. The molecule has 0 aliphatic carbocycles. The summed E-state index contributed by atoms with van der Waals surface area (Å²) in [6, 6.07) is 13.6. The normalized spacial score (nSPS) is 18.1. The zero-order valence-electron chi connectivity index (χ0n) is 14.6. The number of hydrogen-bond acceptors (Lipinski definition) is 4. The number of rotatable bonds is 5. The van der Waals surface area contributed by atoms with Gasteiger partial charge in [0.15, 0.2) is 0 Å². The highest BCUT2D eigenvalue weighted by Gasteiger charge is 2.27. The van der Waals surface area contributed by atoms with Crippen LogP contribution in [0.1, 0.15) is 24.1 Å². The first-order valence-electron chi connectivity index (χ1n) is 8.64. The van der Waals surface area contributed by atoms with E-state index in [0.29, 0.717) is 10.6 Å². The van der Waals surface area contributed by atoms with Crippen molar-refractivity contribution in [3.8, 4) is 5.75 Å². The van der Waals surface area contributed by atoms with E-state index in [-0.39, 0.29) is 22.9 Å². The minimum Gasteiger partial charge on any atom is -0.506 e. The minimum absolute atomic E-state index is 0.00495. The van der Waals surface area contributed by atoms with Gasteiger partial charge in [-0.15, -0.1) is 0 Å². The summed E-state index contributed by atoms with van der Waals surface area (Å²) in [7, 11) is 0. The van der Waals surface area contributed by atoms with Crippen LogP contribution in [0.25, 0.3) is 0 Å². The van der Waals surface area contributed by atoms with Gasteiger partial charge in [0.25, 0.3) is 0 Å². The second-order valence-electron chi connectivity index (χ2n) is 6.35. The van der Waals surface area contributed by atoms with Crippen molar-refractivity contribution >= 4 is 29.4 Å². The standard InChI is InChI=1S/C20H22Cl2N2O2/c1-14(23-13-16-11-17(21)12-18(22)20(16)25)19(15-5-3-2-4-6-15)24-7-9-26-10-8-24/h2-6,11-14,19,25H,7-10H2,1H3/t14-,19-/m0/s1. The van der Waals surface area contributed by atoms with Crippen molar-refractivity contribution in [2.75, 3.05) is 26.3 Å². The van der Waals surface area contributed by atoms with Gasteiger partial charge in [0, 0.05) is 29.9 Å². The summed E-state index contributed by atoms with van der Waals surface area (Å²) in [6.07, 6.45) is 1.65. The predicted octanol–water partition coefficient (Wildman–Crippen LogP) is 4.58. The lowest BCUT2D eigenvalue weighted by Gasteiger charge is -2.37. The van der Waals surface area contributed by atoms with E-state index in [2.05, 4.69) is 24.0 Å². The molecule has 1 saturated heterocycles. The number of phenolic OH excluding ortho intramolecular Hbond substituents is 1. The van der Waals surface area contributed by atoms with E-state index in [1.54, 1.807) is 12.3 Å². The molecule has 0 amide bonds. The Morgan fingerprint density at radius 2 is 1.85 bits per heavy atom. The third-order valence-electron chi connectivity index (χ3n) is 4.54. The third-order valence-corrected chi connectivity index (χ3v) is 5.05. The van der Waals surface area contributed by atoms with Gasteiger partial charge in [0.2, 0.25) is 0 Å². The molecule has 0 aromatic heterocycles. The number of halogens is 2. The molecule has 2 aromatic carbocycles. The van der Waals surface area contributed by atoms with Crippen LogP contribution in [0.4, 0.5) is 0 Å². The number of aliphatic imine (C=N–C) groups is 1. The van der Waals surface area contributed by atoms with Crippen molar-refractivity contribution in [2.45, 2.75) is 19.0 Å². The number of ether oxygens (including phenoxy) is 1. The molecule has 0 radical (unpaired) electrons. The summed E-state index contributed by atoms with van der Waals surface area (Å²) >= 11 is 12.0. The molecule has 0 spiro atoms. The average molecular weight is 393 g/mol. The molecule has 1 heterocycles. The fourth-order valence-electron chi connectivity index (χ4n) is 3.26. The summed E-state index contributed by atoms with van der Waals surface area (Å²) in [4.78, 5) is 7.10. The minimum atomic E-state index is -0.0207. The lowest BCUT2D eigenvalue weighted by molar-refractivity contribution is 0.0119. The molecule has 1 N–H and O–H groups in total. The Hall–Kier alpha value is -1.59. The fraction of sp³-hybridized carbons (Fsp3) is 0.350. The van der Waals surface area contributed by atoms with Crippen LogP contribution in [-0.4, -0.2) is 48.6 Å². The van der Waals surface area contributed by atoms with Gasteiger partial charge in [0.05, 0.1) is 30.3 Å². The maximum absolute atomic E-state index is 10.1. The van der Waals surface area contributed by atoms with Crippen LogP contribution in [-0.2, 0) is 4.74 Å². The molecular weight excluding hydrogens is 371 g/mol. The van der Waals surface area contributed by atoms with E-state index in [4.69, 9.17) is 32.9 Å². The van der Waals surface area contributed by atoms with Gasteiger partial charge < -0.3 is 9.84 Å². The number of hydrogen-bond donors (Lipinski definition) is 1. The van der Waals surface area contributed by atoms with Gasteiger partial charge in [-0.3, -0.25) is 9.89 Å². The van der Waals surface area contributed by atoms with Gasteiger partial charge in [-0.25, -0.2) is 0 Å². The number of benzene rings is 2. The SMILES string of the molecule is C[C@H](N=Cc1cc(Cl)cc(Cl)c1O)[C@@H](c1ccccc1)N1CCOCC1. The lowest BCUT2D eigenvalue weighted by atomic mass is 9.98. The van der Waals surface area contributed by atoms with Crippen molar-refractivity contribution in [1.82, 2.24) is 4.90 Å². The molecule has 0 bridgehead atoms. The van der Waals surface area contributed by atoms with Gasteiger partial charge in [0.1, 0.15) is 5.75 Å². The fourth-order valence-corrected chi connectivity index (χ4v) is 3.77. The summed E-state index contributed by atoms with van der Waals surface area (Å²) < 4.78 is 5.49. The largest absolute Gasteiger partial charge is 0.506 e. The van der Waals surface area contributed by atoms with Gasteiger partial charge in [-0.05, 0) is 24.6 Å². The summed E-state index contributed by atoms with van der Waals surface area (Å²) in [6.45, 7) is 5.27. The van der Waals surface area contributed by atoms with E-state index in [1.807, 2.05) is 18.2 Å². The molecular formula is C20H22Cl2N2O2. The molecule has 1 fully saturated rings. The number of aromatic hydroxyl groups is 1. The van der Waals surface area contributed by atoms with Crippen LogP contribution in [0.2, 0.25) is 10.0 Å².